The first kappa shape index (κ1) is 28.6. The largest absolute Gasteiger partial charge is 0.489 e. The molecule has 2 heterocycles. The molecule has 1 fully saturated rings. The summed E-state index contributed by atoms with van der Waals surface area (Å²) < 4.78 is 6.18. The van der Waals surface area contributed by atoms with Crippen LogP contribution >= 0.6 is 0 Å². The van der Waals surface area contributed by atoms with Gasteiger partial charge >= 0.3 is 0 Å². The summed E-state index contributed by atoms with van der Waals surface area (Å²) in [5.41, 5.74) is 5.13. The summed E-state index contributed by atoms with van der Waals surface area (Å²) in [7, 11) is 1.54. The molecule has 0 radical (unpaired) electrons. The van der Waals surface area contributed by atoms with E-state index in [2.05, 4.69) is 64.8 Å². The van der Waals surface area contributed by atoms with Gasteiger partial charge in [0.15, 0.2) is 0 Å². The van der Waals surface area contributed by atoms with E-state index in [1.807, 2.05) is 12.1 Å². The Balaban J connectivity index is 1.14. The SMILES string of the molecule is CNC(=O)C(CCC=O)N1Cc2c(OCc3ccc(CN4CCC(Cc5ccccc5)CC4)cc3)cccc2C1=O. The molecule has 0 spiro atoms. The fourth-order valence-electron chi connectivity index (χ4n) is 5.99. The van der Waals surface area contributed by atoms with Gasteiger partial charge in [-0.05, 0) is 73.5 Å². The van der Waals surface area contributed by atoms with Gasteiger partial charge in [0.1, 0.15) is 24.7 Å². The molecule has 1 unspecified atom stereocenters. The molecule has 1 atom stereocenters. The minimum Gasteiger partial charge on any atom is -0.489 e. The Morgan fingerprint density at radius 2 is 1.71 bits per heavy atom. The summed E-state index contributed by atoms with van der Waals surface area (Å²) >= 11 is 0. The maximum absolute atomic E-state index is 13.1. The van der Waals surface area contributed by atoms with Crippen molar-refractivity contribution in [3.05, 3.63) is 101 Å². The summed E-state index contributed by atoms with van der Waals surface area (Å²) in [5, 5.41) is 2.62. The topological polar surface area (TPSA) is 79.0 Å². The van der Waals surface area contributed by atoms with Crippen molar-refractivity contribution in [1.82, 2.24) is 15.1 Å². The molecule has 3 aromatic carbocycles. The van der Waals surface area contributed by atoms with E-state index in [0.29, 0.717) is 17.9 Å². The smallest absolute Gasteiger partial charge is 0.255 e. The van der Waals surface area contributed by atoms with Gasteiger partial charge in [-0.1, -0.05) is 60.7 Å². The number of hydrogen-bond acceptors (Lipinski definition) is 5. The molecule has 7 nitrogen and oxygen atoms in total. The van der Waals surface area contributed by atoms with E-state index in [-0.39, 0.29) is 31.2 Å². The number of nitrogens with one attached hydrogen (secondary N) is 1. The molecule has 3 aromatic rings. The van der Waals surface area contributed by atoms with Crippen LogP contribution in [0.2, 0.25) is 0 Å². The average Bonchev–Trinajstić information content (AvgIpc) is 3.34. The third-order valence-electron chi connectivity index (χ3n) is 8.33. The molecule has 41 heavy (non-hydrogen) atoms. The number of rotatable bonds is 12. The molecule has 0 bridgehead atoms. The number of ether oxygens (including phenoxy) is 1. The number of aldehydes is 1. The Bertz CT molecular complexity index is 1330. The third-order valence-corrected chi connectivity index (χ3v) is 8.33. The molecule has 1 saturated heterocycles. The molecule has 0 aliphatic carbocycles. The van der Waals surface area contributed by atoms with Gasteiger partial charge in [-0.2, -0.15) is 0 Å². The molecule has 2 aliphatic rings. The number of fused-ring (bicyclic) bond motifs is 1. The molecule has 0 aromatic heterocycles. The molecule has 5 rings (SSSR count). The second kappa shape index (κ2) is 13.6. The quantitative estimate of drug-likeness (QED) is 0.327. The zero-order valence-electron chi connectivity index (χ0n) is 23.8. The third kappa shape index (κ3) is 7.03. The van der Waals surface area contributed by atoms with Gasteiger partial charge in [0.05, 0.1) is 6.54 Å². The van der Waals surface area contributed by atoms with Crippen molar-refractivity contribution in [3.63, 3.8) is 0 Å². The van der Waals surface area contributed by atoms with Gasteiger partial charge in [-0.15, -0.1) is 0 Å². The van der Waals surface area contributed by atoms with E-state index in [1.54, 1.807) is 18.0 Å². The van der Waals surface area contributed by atoms with Gasteiger partial charge in [-0.3, -0.25) is 14.5 Å². The van der Waals surface area contributed by atoms with Crippen molar-refractivity contribution in [3.8, 4) is 5.75 Å². The van der Waals surface area contributed by atoms with Crippen LogP contribution in [0.4, 0.5) is 0 Å². The highest BCUT2D eigenvalue weighted by Gasteiger charge is 2.37. The predicted octanol–water partition coefficient (Wildman–Crippen LogP) is 4.77. The van der Waals surface area contributed by atoms with E-state index < -0.39 is 6.04 Å². The lowest BCUT2D eigenvalue weighted by molar-refractivity contribution is -0.125. The van der Waals surface area contributed by atoms with Crippen molar-refractivity contribution >= 4 is 18.1 Å². The number of benzene rings is 3. The average molecular weight is 554 g/mol. The number of nitrogens with zero attached hydrogens (tertiary/aromatic N) is 2. The first-order valence-electron chi connectivity index (χ1n) is 14.6. The number of amides is 2. The maximum Gasteiger partial charge on any atom is 0.255 e. The molecule has 2 amide bonds. The van der Waals surface area contributed by atoms with Gasteiger partial charge < -0.3 is 19.7 Å². The van der Waals surface area contributed by atoms with Crippen LogP contribution in [0.5, 0.6) is 5.75 Å². The number of piperidine rings is 1. The molecule has 0 saturated carbocycles. The summed E-state index contributed by atoms with van der Waals surface area (Å²) in [5.74, 6) is 0.929. The summed E-state index contributed by atoms with van der Waals surface area (Å²) in [6.07, 6.45) is 4.93. The Labute approximate surface area is 242 Å². The molecular formula is C34H39N3O4. The number of likely N-dealkylation sites (N-methyl/N-ethyl adjacent to an activating group) is 1. The highest BCUT2D eigenvalue weighted by Crippen LogP contribution is 2.33. The summed E-state index contributed by atoms with van der Waals surface area (Å²) in [6, 6.07) is 24.1. The molecule has 7 heteroatoms. The van der Waals surface area contributed by atoms with Gasteiger partial charge in [-0.25, -0.2) is 0 Å². The van der Waals surface area contributed by atoms with Crippen molar-refractivity contribution < 1.29 is 19.1 Å². The lowest BCUT2D eigenvalue weighted by atomic mass is 9.90. The highest BCUT2D eigenvalue weighted by atomic mass is 16.5. The number of likely N-dealkylation sites (tertiary alicyclic amines) is 1. The standard InChI is InChI=1S/C34H39N3O4/c1-35-33(39)31(10-6-20-38)37-23-30-29(34(37)40)9-5-11-32(30)41-24-28-14-12-27(13-15-28)22-36-18-16-26(17-19-36)21-25-7-3-2-4-8-25/h2-5,7-9,11-15,20,26,31H,6,10,16-19,21-24H2,1H3,(H,35,39). The Morgan fingerprint density at radius 1 is 0.976 bits per heavy atom. The van der Waals surface area contributed by atoms with Crippen LogP contribution in [0.3, 0.4) is 0 Å². The van der Waals surface area contributed by atoms with Gasteiger partial charge in [0.25, 0.3) is 5.91 Å². The zero-order chi connectivity index (χ0) is 28.6. The van der Waals surface area contributed by atoms with Crippen LogP contribution in [-0.2, 0) is 35.7 Å². The van der Waals surface area contributed by atoms with Crippen LogP contribution in [0.15, 0.2) is 72.8 Å². The van der Waals surface area contributed by atoms with Crippen LogP contribution in [0, 0.1) is 5.92 Å². The van der Waals surface area contributed by atoms with Crippen LogP contribution in [-0.4, -0.2) is 54.1 Å². The fourth-order valence-corrected chi connectivity index (χ4v) is 5.99. The second-order valence-corrected chi connectivity index (χ2v) is 11.1. The van der Waals surface area contributed by atoms with Crippen molar-refractivity contribution in [2.75, 3.05) is 20.1 Å². The van der Waals surface area contributed by atoms with E-state index in [9.17, 15) is 14.4 Å². The minimum absolute atomic E-state index is 0.210. The van der Waals surface area contributed by atoms with Crippen molar-refractivity contribution in [1.29, 1.82) is 0 Å². The monoisotopic (exact) mass is 553 g/mol. The predicted molar refractivity (Wildman–Crippen MR) is 158 cm³/mol. The molecular weight excluding hydrogens is 514 g/mol. The normalized spacial score (nSPS) is 16.3. The minimum atomic E-state index is -0.694. The Morgan fingerprint density at radius 3 is 2.41 bits per heavy atom. The van der Waals surface area contributed by atoms with Crippen LogP contribution in [0.1, 0.15) is 58.3 Å². The van der Waals surface area contributed by atoms with Crippen molar-refractivity contribution in [2.45, 2.75) is 57.8 Å². The molecule has 2 aliphatic heterocycles. The second-order valence-electron chi connectivity index (χ2n) is 11.1. The molecule has 1 N–H and O–H groups in total. The summed E-state index contributed by atoms with van der Waals surface area (Å²) in [6.45, 7) is 3.89. The molecule has 214 valence electrons. The van der Waals surface area contributed by atoms with Crippen molar-refractivity contribution in [2.24, 2.45) is 5.92 Å². The fraction of sp³-hybridized carbons (Fsp3) is 0.382. The summed E-state index contributed by atoms with van der Waals surface area (Å²) in [4.78, 5) is 40.7. The van der Waals surface area contributed by atoms with E-state index in [1.165, 1.54) is 30.4 Å². The first-order chi connectivity index (χ1) is 20.1. The Hall–Kier alpha value is -3.97. The van der Waals surface area contributed by atoms with Gasteiger partial charge in [0, 0.05) is 31.1 Å². The highest BCUT2D eigenvalue weighted by molar-refractivity contribution is 6.01. The number of carbonyl (C=O) groups is 3. The van der Waals surface area contributed by atoms with Crippen LogP contribution < -0.4 is 10.1 Å². The number of carbonyl (C=O) groups excluding carboxylic acids is 3. The maximum atomic E-state index is 13.1. The van der Waals surface area contributed by atoms with E-state index in [0.717, 1.165) is 43.0 Å². The zero-order valence-corrected chi connectivity index (χ0v) is 23.8. The Kier molecular flexibility index (Phi) is 9.47. The van der Waals surface area contributed by atoms with Crippen LogP contribution in [0.25, 0.3) is 0 Å². The lowest BCUT2D eigenvalue weighted by Crippen LogP contribution is -2.46. The first-order valence-corrected chi connectivity index (χ1v) is 14.6. The number of hydrogen-bond donors (Lipinski definition) is 1. The lowest BCUT2D eigenvalue weighted by Gasteiger charge is -2.32. The van der Waals surface area contributed by atoms with E-state index in [4.69, 9.17) is 4.74 Å². The van der Waals surface area contributed by atoms with E-state index >= 15 is 0 Å². The van der Waals surface area contributed by atoms with Gasteiger partial charge in [0.2, 0.25) is 5.91 Å².